The molecule has 3 aromatic rings. The Hall–Kier alpha value is -2.49. The van der Waals surface area contributed by atoms with E-state index in [1.54, 1.807) is 6.20 Å². The molecular weight excluding hydrogens is 236 g/mol. The summed E-state index contributed by atoms with van der Waals surface area (Å²) in [6.45, 7) is 2.87. The summed E-state index contributed by atoms with van der Waals surface area (Å²) in [6.07, 6.45) is 3.56. The third kappa shape index (κ3) is 2.12. The molecule has 0 aliphatic rings. The summed E-state index contributed by atoms with van der Waals surface area (Å²) in [7, 11) is 0. The lowest BCUT2D eigenvalue weighted by Crippen LogP contribution is -2.02. The fraction of sp³-hybridized carbons (Fsp3) is 0.133. The Labute approximate surface area is 111 Å². The maximum Gasteiger partial charge on any atom is 0.156 e. The number of fused-ring (bicyclic) bond motifs is 1. The second-order valence-corrected chi connectivity index (χ2v) is 4.21. The second kappa shape index (κ2) is 5.02. The van der Waals surface area contributed by atoms with E-state index in [1.807, 2.05) is 37.4 Å². The van der Waals surface area contributed by atoms with E-state index in [1.165, 1.54) is 0 Å². The van der Waals surface area contributed by atoms with E-state index in [4.69, 9.17) is 0 Å². The highest BCUT2D eigenvalue weighted by Crippen LogP contribution is 2.28. The number of hydrogen-bond donors (Lipinski definition) is 1. The zero-order chi connectivity index (χ0) is 13.1. The minimum atomic E-state index is 0.824. The predicted octanol–water partition coefficient (Wildman–Crippen LogP) is 3.12. The number of hydrogen-bond acceptors (Lipinski definition) is 4. The monoisotopic (exact) mass is 250 g/mol. The normalized spacial score (nSPS) is 10.6. The van der Waals surface area contributed by atoms with Gasteiger partial charge in [-0.3, -0.25) is 4.98 Å². The van der Waals surface area contributed by atoms with Crippen molar-refractivity contribution in [3.63, 3.8) is 0 Å². The van der Waals surface area contributed by atoms with Gasteiger partial charge in [-0.05, 0) is 19.1 Å². The van der Waals surface area contributed by atoms with Gasteiger partial charge in [-0.1, -0.05) is 24.3 Å². The molecule has 2 aromatic heterocycles. The van der Waals surface area contributed by atoms with E-state index in [2.05, 4.69) is 32.6 Å². The summed E-state index contributed by atoms with van der Waals surface area (Å²) >= 11 is 0. The third-order valence-electron chi connectivity index (χ3n) is 2.97. The third-order valence-corrected chi connectivity index (χ3v) is 2.97. The first-order valence-electron chi connectivity index (χ1n) is 6.30. The van der Waals surface area contributed by atoms with Gasteiger partial charge in [-0.2, -0.15) is 0 Å². The van der Waals surface area contributed by atoms with E-state index in [-0.39, 0.29) is 0 Å². The van der Waals surface area contributed by atoms with Crippen molar-refractivity contribution in [2.45, 2.75) is 6.92 Å². The largest absolute Gasteiger partial charge is 0.368 e. The average molecular weight is 250 g/mol. The van der Waals surface area contributed by atoms with Crippen molar-refractivity contribution in [1.82, 2.24) is 15.2 Å². The van der Waals surface area contributed by atoms with Crippen LogP contribution in [0.2, 0.25) is 0 Å². The van der Waals surface area contributed by atoms with Gasteiger partial charge in [0, 0.05) is 35.3 Å². The molecule has 0 saturated carbocycles. The maximum atomic E-state index is 4.34. The number of pyridine rings is 1. The van der Waals surface area contributed by atoms with E-state index >= 15 is 0 Å². The Kier molecular flexibility index (Phi) is 3.06. The summed E-state index contributed by atoms with van der Waals surface area (Å²) in [4.78, 5) is 4.14. The zero-order valence-corrected chi connectivity index (χ0v) is 10.7. The van der Waals surface area contributed by atoms with Crippen molar-refractivity contribution in [1.29, 1.82) is 0 Å². The van der Waals surface area contributed by atoms with Gasteiger partial charge in [0.15, 0.2) is 5.82 Å². The van der Waals surface area contributed by atoms with Crippen LogP contribution in [0.4, 0.5) is 5.82 Å². The first-order valence-corrected chi connectivity index (χ1v) is 6.30. The first-order chi connectivity index (χ1) is 9.40. The van der Waals surface area contributed by atoms with Crippen molar-refractivity contribution in [3.8, 4) is 11.3 Å². The summed E-state index contributed by atoms with van der Waals surface area (Å²) in [5, 5.41) is 14.0. The molecule has 2 heterocycles. The van der Waals surface area contributed by atoms with Gasteiger partial charge >= 0.3 is 0 Å². The summed E-state index contributed by atoms with van der Waals surface area (Å²) < 4.78 is 0. The molecule has 1 N–H and O–H groups in total. The Balaban J connectivity index is 2.25. The van der Waals surface area contributed by atoms with Crippen LogP contribution in [0.25, 0.3) is 22.0 Å². The molecule has 0 amide bonds. The molecule has 0 aliphatic heterocycles. The standard InChI is InChI=1S/C15H14N4/c1-2-17-15-13-8-4-3-7-12(13)14(18-19-15)11-6-5-9-16-10-11/h3-10H,2H2,1H3,(H,17,19). The van der Waals surface area contributed by atoms with Crippen LogP contribution in [0, 0.1) is 0 Å². The lowest BCUT2D eigenvalue weighted by atomic mass is 10.1. The van der Waals surface area contributed by atoms with Crippen LogP contribution in [0.1, 0.15) is 6.92 Å². The van der Waals surface area contributed by atoms with Crippen LogP contribution in [0.3, 0.4) is 0 Å². The molecule has 0 saturated heterocycles. The molecule has 0 radical (unpaired) electrons. The molecule has 0 atom stereocenters. The summed E-state index contributed by atoms with van der Waals surface area (Å²) in [6, 6.07) is 12.0. The number of benzene rings is 1. The smallest absolute Gasteiger partial charge is 0.156 e. The quantitative estimate of drug-likeness (QED) is 0.776. The van der Waals surface area contributed by atoms with Crippen LogP contribution in [-0.4, -0.2) is 21.7 Å². The topological polar surface area (TPSA) is 50.7 Å². The SMILES string of the molecule is CCNc1nnc(-c2cccnc2)c2ccccc12. The molecular formula is C15H14N4. The Bertz CT molecular complexity index is 695. The van der Waals surface area contributed by atoms with Gasteiger partial charge in [0.25, 0.3) is 0 Å². The number of nitrogens with zero attached hydrogens (tertiary/aromatic N) is 3. The Morgan fingerprint density at radius 2 is 1.84 bits per heavy atom. The van der Waals surface area contributed by atoms with Gasteiger partial charge in [0.05, 0.1) is 0 Å². The minimum absolute atomic E-state index is 0.824. The van der Waals surface area contributed by atoms with Crippen molar-refractivity contribution in [2.75, 3.05) is 11.9 Å². The fourth-order valence-corrected chi connectivity index (χ4v) is 2.12. The fourth-order valence-electron chi connectivity index (χ4n) is 2.12. The first kappa shape index (κ1) is 11.6. The number of aromatic nitrogens is 3. The van der Waals surface area contributed by atoms with Crippen molar-refractivity contribution in [2.24, 2.45) is 0 Å². The average Bonchev–Trinajstić information content (AvgIpc) is 2.49. The molecule has 0 unspecified atom stereocenters. The molecule has 0 fully saturated rings. The predicted molar refractivity (Wildman–Crippen MR) is 76.9 cm³/mol. The number of rotatable bonds is 3. The van der Waals surface area contributed by atoms with Gasteiger partial charge in [-0.25, -0.2) is 0 Å². The van der Waals surface area contributed by atoms with E-state index in [0.717, 1.165) is 34.4 Å². The molecule has 3 rings (SSSR count). The second-order valence-electron chi connectivity index (χ2n) is 4.21. The van der Waals surface area contributed by atoms with E-state index in [9.17, 15) is 0 Å². The zero-order valence-electron chi connectivity index (χ0n) is 10.7. The molecule has 94 valence electrons. The van der Waals surface area contributed by atoms with Gasteiger partial charge in [0.2, 0.25) is 0 Å². The van der Waals surface area contributed by atoms with E-state index < -0.39 is 0 Å². The number of nitrogens with one attached hydrogen (secondary N) is 1. The minimum Gasteiger partial charge on any atom is -0.368 e. The van der Waals surface area contributed by atoms with Crippen molar-refractivity contribution in [3.05, 3.63) is 48.8 Å². The number of anilines is 1. The highest BCUT2D eigenvalue weighted by Gasteiger charge is 2.09. The van der Waals surface area contributed by atoms with Crippen LogP contribution in [0.15, 0.2) is 48.8 Å². The molecule has 19 heavy (non-hydrogen) atoms. The molecule has 0 aliphatic carbocycles. The van der Waals surface area contributed by atoms with Crippen LogP contribution >= 0.6 is 0 Å². The van der Waals surface area contributed by atoms with Crippen molar-refractivity contribution < 1.29 is 0 Å². The van der Waals surface area contributed by atoms with Gasteiger partial charge < -0.3 is 5.32 Å². The lowest BCUT2D eigenvalue weighted by Gasteiger charge is -2.09. The lowest BCUT2D eigenvalue weighted by molar-refractivity contribution is 1.03. The molecule has 1 aromatic carbocycles. The highest BCUT2D eigenvalue weighted by atomic mass is 15.2. The van der Waals surface area contributed by atoms with Crippen LogP contribution in [-0.2, 0) is 0 Å². The van der Waals surface area contributed by atoms with Crippen LogP contribution in [0.5, 0.6) is 0 Å². The molecule has 4 heteroatoms. The highest BCUT2D eigenvalue weighted by molar-refractivity contribution is 5.99. The maximum absolute atomic E-state index is 4.34. The Morgan fingerprint density at radius 3 is 2.58 bits per heavy atom. The van der Waals surface area contributed by atoms with Gasteiger partial charge in [-0.15, -0.1) is 10.2 Å². The molecule has 0 spiro atoms. The van der Waals surface area contributed by atoms with Gasteiger partial charge in [0.1, 0.15) is 5.69 Å². The van der Waals surface area contributed by atoms with Crippen molar-refractivity contribution >= 4 is 16.6 Å². The summed E-state index contributed by atoms with van der Waals surface area (Å²) in [5.41, 5.74) is 1.85. The molecule has 4 nitrogen and oxygen atoms in total. The van der Waals surface area contributed by atoms with Crippen LogP contribution < -0.4 is 5.32 Å². The Morgan fingerprint density at radius 1 is 1.00 bits per heavy atom. The summed E-state index contributed by atoms with van der Waals surface area (Å²) in [5.74, 6) is 0.825. The van der Waals surface area contributed by atoms with E-state index in [0.29, 0.717) is 0 Å². The molecule has 0 bridgehead atoms.